The van der Waals surface area contributed by atoms with Crippen molar-refractivity contribution in [2.45, 2.75) is 39.7 Å². The number of methoxy groups -OCH3 is 1. The van der Waals surface area contributed by atoms with Crippen LogP contribution in [0.2, 0.25) is 0 Å². The van der Waals surface area contributed by atoms with Gasteiger partial charge in [0.25, 0.3) is 0 Å². The molecule has 0 saturated heterocycles. The van der Waals surface area contributed by atoms with Crippen LogP contribution in [0.5, 0.6) is 0 Å². The van der Waals surface area contributed by atoms with Gasteiger partial charge in [-0.25, -0.2) is 4.68 Å². The molecule has 0 radical (unpaired) electrons. The van der Waals surface area contributed by atoms with E-state index in [1.54, 1.807) is 7.11 Å². The van der Waals surface area contributed by atoms with E-state index in [4.69, 9.17) is 15.2 Å². The number of ether oxygens (including phenoxy) is 2. The molecule has 1 aromatic heterocycles. The highest BCUT2D eigenvalue weighted by Crippen LogP contribution is 2.25. The van der Waals surface area contributed by atoms with Crippen LogP contribution >= 0.6 is 0 Å². The lowest BCUT2D eigenvalue weighted by molar-refractivity contribution is 0.0691. The zero-order valence-electron chi connectivity index (χ0n) is 13.1. The first-order valence-electron chi connectivity index (χ1n) is 7.23. The van der Waals surface area contributed by atoms with Crippen molar-refractivity contribution >= 4 is 11.5 Å². The van der Waals surface area contributed by atoms with Crippen LogP contribution in [-0.2, 0) is 9.47 Å². The molecule has 0 amide bonds. The first-order chi connectivity index (χ1) is 9.57. The van der Waals surface area contributed by atoms with E-state index in [2.05, 4.69) is 24.3 Å². The van der Waals surface area contributed by atoms with E-state index in [9.17, 15) is 0 Å². The van der Waals surface area contributed by atoms with Crippen molar-refractivity contribution in [3.05, 3.63) is 5.69 Å². The SMILES string of the molecule is COCCOCCCCNc1c(N)c(C)nn1C(C)C. The molecule has 0 bridgehead atoms. The Bertz CT molecular complexity index is 391. The van der Waals surface area contributed by atoms with Gasteiger partial charge in [-0.15, -0.1) is 0 Å². The highest BCUT2D eigenvalue weighted by molar-refractivity contribution is 5.64. The smallest absolute Gasteiger partial charge is 0.148 e. The van der Waals surface area contributed by atoms with Gasteiger partial charge in [0.05, 0.1) is 24.6 Å². The minimum Gasteiger partial charge on any atom is -0.394 e. The maximum absolute atomic E-state index is 6.05. The molecule has 1 heterocycles. The lowest BCUT2D eigenvalue weighted by atomic mass is 10.3. The van der Waals surface area contributed by atoms with Crippen LogP contribution in [0.15, 0.2) is 0 Å². The number of nitrogen functional groups attached to an aromatic ring is 1. The van der Waals surface area contributed by atoms with E-state index in [-0.39, 0.29) is 0 Å². The summed E-state index contributed by atoms with van der Waals surface area (Å²) in [4.78, 5) is 0. The molecule has 0 aromatic carbocycles. The van der Waals surface area contributed by atoms with Crippen LogP contribution in [-0.4, -0.2) is 43.3 Å². The molecule has 0 aliphatic rings. The van der Waals surface area contributed by atoms with Gasteiger partial charge >= 0.3 is 0 Å². The Morgan fingerprint density at radius 2 is 2.00 bits per heavy atom. The number of nitrogens with zero attached hydrogens (tertiary/aromatic N) is 2. The Balaban J connectivity index is 2.28. The zero-order chi connectivity index (χ0) is 15.0. The Morgan fingerprint density at radius 1 is 1.25 bits per heavy atom. The van der Waals surface area contributed by atoms with Gasteiger partial charge in [-0.2, -0.15) is 5.10 Å². The van der Waals surface area contributed by atoms with Crippen LogP contribution in [0.4, 0.5) is 11.5 Å². The summed E-state index contributed by atoms with van der Waals surface area (Å²) in [5.41, 5.74) is 7.68. The second kappa shape index (κ2) is 8.81. The molecular formula is C14H28N4O2. The Labute approximate surface area is 121 Å². The van der Waals surface area contributed by atoms with Crippen molar-refractivity contribution in [1.82, 2.24) is 9.78 Å². The maximum Gasteiger partial charge on any atom is 0.148 e. The van der Waals surface area contributed by atoms with Crippen molar-refractivity contribution in [2.75, 3.05) is 44.5 Å². The number of nitrogens with one attached hydrogen (secondary N) is 1. The number of nitrogens with two attached hydrogens (primary N) is 1. The molecule has 1 rings (SSSR count). The number of rotatable bonds is 10. The lowest BCUT2D eigenvalue weighted by Gasteiger charge is -2.13. The number of anilines is 2. The molecule has 0 aliphatic heterocycles. The Hall–Kier alpha value is -1.27. The molecule has 1 aromatic rings. The summed E-state index contributed by atoms with van der Waals surface area (Å²) < 4.78 is 12.3. The molecule has 0 unspecified atom stereocenters. The van der Waals surface area contributed by atoms with Gasteiger partial charge in [-0.05, 0) is 33.6 Å². The Kier molecular flexibility index (Phi) is 7.40. The molecule has 0 aliphatic carbocycles. The van der Waals surface area contributed by atoms with E-state index in [0.29, 0.717) is 19.3 Å². The van der Waals surface area contributed by atoms with Gasteiger partial charge in [0.15, 0.2) is 0 Å². The molecule has 0 atom stereocenters. The molecular weight excluding hydrogens is 256 g/mol. The monoisotopic (exact) mass is 284 g/mol. The summed E-state index contributed by atoms with van der Waals surface area (Å²) in [5, 5.41) is 7.83. The molecule has 6 heteroatoms. The average molecular weight is 284 g/mol. The topological polar surface area (TPSA) is 74.3 Å². The van der Waals surface area contributed by atoms with Gasteiger partial charge in [-0.1, -0.05) is 0 Å². The summed E-state index contributed by atoms with van der Waals surface area (Å²) in [7, 11) is 1.68. The largest absolute Gasteiger partial charge is 0.394 e. The third-order valence-electron chi connectivity index (χ3n) is 3.06. The average Bonchev–Trinajstić information content (AvgIpc) is 2.70. The number of aromatic nitrogens is 2. The first kappa shape index (κ1) is 16.8. The van der Waals surface area contributed by atoms with Crippen LogP contribution < -0.4 is 11.1 Å². The minimum atomic E-state index is 0.297. The van der Waals surface area contributed by atoms with Gasteiger partial charge in [0.1, 0.15) is 5.82 Å². The number of hydrogen-bond acceptors (Lipinski definition) is 5. The molecule has 0 spiro atoms. The fourth-order valence-electron chi connectivity index (χ4n) is 1.89. The first-order valence-corrected chi connectivity index (χ1v) is 7.23. The molecule has 0 saturated carbocycles. The highest BCUT2D eigenvalue weighted by atomic mass is 16.5. The predicted octanol–water partition coefficient (Wildman–Crippen LogP) is 2.21. The number of aryl methyl sites for hydroxylation is 1. The quantitative estimate of drug-likeness (QED) is 0.644. The summed E-state index contributed by atoms with van der Waals surface area (Å²) in [6.07, 6.45) is 2.06. The summed E-state index contributed by atoms with van der Waals surface area (Å²) in [6, 6.07) is 0.297. The standard InChI is InChI=1S/C14H28N4O2/c1-11(2)18-14(13(15)12(3)17-18)16-7-5-6-8-20-10-9-19-4/h11,16H,5-10,15H2,1-4H3. The van der Waals surface area contributed by atoms with Gasteiger partial charge in [0.2, 0.25) is 0 Å². The van der Waals surface area contributed by atoms with Gasteiger partial charge < -0.3 is 20.5 Å². The molecule has 20 heavy (non-hydrogen) atoms. The van der Waals surface area contributed by atoms with Crippen molar-refractivity contribution in [3.63, 3.8) is 0 Å². The van der Waals surface area contributed by atoms with E-state index in [1.165, 1.54) is 0 Å². The van der Waals surface area contributed by atoms with Gasteiger partial charge in [0, 0.05) is 26.3 Å². The van der Waals surface area contributed by atoms with Crippen LogP contribution in [0, 0.1) is 6.92 Å². The van der Waals surface area contributed by atoms with E-state index >= 15 is 0 Å². The normalized spacial score (nSPS) is 11.2. The molecule has 116 valence electrons. The molecule has 3 N–H and O–H groups in total. The second-order valence-corrected chi connectivity index (χ2v) is 5.13. The van der Waals surface area contributed by atoms with E-state index < -0.39 is 0 Å². The fourth-order valence-corrected chi connectivity index (χ4v) is 1.89. The van der Waals surface area contributed by atoms with Gasteiger partial charge in [-0.3, -0.25) is 0 Å². The van der Waals surface area contributed by atoms with Crippen LogP contribution in [0.3, 0.4) is 0 Å². The Morgan fingerprint density at radius 3 is 2.65 bits per heavy atom. The van der Waals surface area contributed by atoms with Crippen molar-refractivity contribution in [2.24, 2.45) is 0 Å². The van der Waals surface area contributed by atoms with Crippen molar-refractivity contribution in [1.29, 1.82) is 0 Å². The highest BCUT2D eigenvalue weighted by Gasteiger charge is 2.13. The third-order valence-corrected chi connectivity index (χ3v) is 3.06. The summed E-state index contributed by atoms with van der Waals surface area (Å²) >= 11 is 0. The number of hydrogen-bond donors (Lipinski definition) is 2. The van der Waals surface area contributed by atoms with Crippen molar-refractivity contribution < 1.29 is 9.47 Å². The van der Waals surface area contributed by atoms with Crippen LogP contribution in [0.25, 0.3) is 0 Å². The number of unbranched alkanes of at least 4 members (excludes halogenated alkanes) is 1. The summed E-state index contributed by atoms with van der Waals surface area (Å²) in [5.74, 6) is 0.929. The van der Waals surface area contributed by atoms with Crippen molar-refractivity contribution in [3.8, 4) is 0 Å². The van der Waals surface area contributed by atoms with Crippen LogP contribution in [0.1, 0.15) is 38.4 Å². The zero-order valence-corrected chi connectivity index (χ0v) is 13.1. The van der Waals surface area contributed by atoms with E-state index in [1.807, 2.05) is 11.6 Å². The molecule has 0 fully saturated rings. The lowest BCUT2D eigenvalue weighted by Crippen LogP contribution is -2.12. The second-order valence-electron chi connectivity index (χ2n) is 5.13. The third kappa shape index (κ3) is 5.02. The fraction of sp³-hybridized carbons (Fsp3) is 0.786. The molecule has 6 nitrogen and oxygen atoms in total. The van der Waals surface area contributed by atoms with E-state index in [0.717, 1.165) is 43.2 Å². The predicted molar refractivity (Wildman–Crippen MR) is 82.2 cm³/mol. The summed E-state index contributed by atoms with van der Waals surface area (Å²) in [6.45, 7) is 9.08. The maximum atomic E-state index is 6.05. The minimum absolute atomic E-state index is 0.297.